The van der Waals surface area contributed by atoms with Gasteiger partial charge >= 0.3 is 0 Å². The summed E-state index contributed by atoms with van der Waals surface area (Å²) in [6.45, 7) is 12.2. The zero-order valence-corrected chi connectivity index (χ0v) is 19.6. The fourth-order valence-electron chi connectivity index (χ4n) is 3.61. The van der Waals surface area contributed by atoms with Crippen molar-refractivity contribution in [3.63, 3.8) is 0 Å². The van der Waals surface area contributed by atoms with Gasteiger partial charge in [-0.3, -0.25) is 9.59 Å². The Kier molecular flexibility index (Phi) is 8.08. The van der Waals surface area contributed by atoms with Crippen LogP contribution in [0.3, 0.4) is 0 Å². The van der Waals surface area contributed by atoms with Crippen molar-refractivity contribution in [1.82, 2.24) is 10.2 Å². The minimum atomic E-state index is -0.543. The largest absolute Gasteiger partial charge is 0.350 e. The van der Waals surface area contributed by atoms with Gasteiger partial charge in [0.15, 0.2) is 0 Å². The molecule has 0 aliphatic heterocycles. The molecule has 1 atom stereocenters. The molecule has 0 saturated heterocycles. The molecule has 4 nitrogen and oxygen atoms in total. The molecule has 2 aromatic rings. The van der Waals surface area contributed by atoms with E-state index in [0.717, 1.165) is 22.3 Å². The molecule has 0 aromatic heterocycles. The van der Waals surface area contributed by atoms with Gasteiger partial charge < -0.3 is 10.2 Å². The van der Waals surface area contributed by atoms with Gasteiger partial charge in [-0.2, -0.15) is 0 Å². The summed E-state index contributed by atoms with van der Waals surface area (Å²) in [4.78, 5) is 28.1. The van der Waals surface area contributed by atoms with Crippen LogP contribution in [0.2, 0.25) is 5.02 Å². The van der Waals surface area contributed by atoms with Gasteiger partial charge in [0.2, 0.25) is 11.8 Å². The Morgan fingerprint density at radius 3 is 2.07 bits per heavy atom. The SMILES string of the molecule is CC[C@H](C(=O)NC(C)(C)C)N(Cc1ccc(Cl)cc1)C(=O)Cc1cc(C)cc(C)c1. The number of aryl methyl sites for hydroxylation is 2. The first-order valence-corrected chi connectivity index (χ1v) is 10.8. The van der Waals surface area contributed by atoms with Crippen molar-refractivity contribution in [2.24, 2.45) is 0 Å². The molecule has 30 heavy (non-hydrogen) atoms. The second-order valence-corrected chi connectivity index (χ2v) is 9.42. The zero-order chi connectivity index (χ0) is 22.5. The molecule has 0 unspecified atom stereocenters. The van der Waals surface area contributed by atoms with Crippen LogP contribution in [0, 0.1) is 13.8 Å². The molecule has 0 radical (unpaired) electrons. The van der Waals surface area contributed by atoms with Gasteiger partial charge in [0, 0.05) is 17.1 Å². The summed E-state index contributed by atoms with van der Waals surface area (Å²) in [6.07, 6.45) is 0.795. The highest BCUT2D eigenvalue weighted by Gasteiger charge is 2.30. The number of nitrogens with one attached hydrogen (secondary N) is 1. The van der Waals surface area contributed by atoms with E-state index in [1.807, 2.05) is 65.8 Å². The number of carbonyl (C=O) groups is 2. The topological polar surface area (TPSA) is 49.4 Å². The molecule has 0 bridgehead atoms. The van der Waals surface area contributed by atoms with Crippen LogP contribution in [0.15, 0.2) is 42.5 Å². The summed E-state index contributed by atoms with van der Waals surface area (Å²) in [7, 11) is 0. The van der Waals surface area contributed by atoms with Crippen molar-refractivity contribution in [1.29, 1.82) is 0 Å². The molecule has 0 fully saturated rings. The van der Waals surface area contributed by atoms with E-state index in [1.54, 1.807) is 17.0 Å². The fourth-order valence-corrected chi connectivity index (χ4v) is 3.73. The Labute approximate surface area is 185 Å². The number of nitrogens with zero attached hydrogens (tertiary/aromatic N) is 1. The van der Waals surface area contributed by atoms with E-state index < -0.39 is 6.04 Å². The lowest BCUT2D eigenvalue weighted by atomic mass is 10.0. The second-order valence-electron chi connectivity index (χ2n) is 8.98. The molecule has 2 aromatic carbocycles. The van der Waals surface area contributed by atoms with Gasteiger partial charge in [0.25, 0.3) is 0 Å². The highest BCUT2D eigenvalue weighted by Crippen LogP contribution is 2.18. The van der Waals surface area contributed by atoms with E-state index in [-0.39, 0.29) is 23.8 Å². The molecule has 0 aliphatic carbocycles. The third-order valence-electron chi connectivity index (χ3n) is 4.79. The lowest BCUT2D eigenvalue weighted by molar-refractivity contribution is -0.141. The maximum Gasteiger partial charge on any atom is 0.243 e. The van der Waals surface area contributed by atoms with Gasteiger partial charge in [0.05, 0.1) is 6.42 Å². The van der Waals surface area contributed by atoms with Crippen molar-refractivity contribution in [3.8, 4) is 0 Å². The number of halogens is 1. The zero-order valence-electron chi connectivity index (χ0n) is 18.9. The van der Waals surface area contributed by atoms with Crippen LogP contribution < -0.4 is 5.32 Å². The molecule has 0 aliphatic rings. The summed E-state index contributed by atoms with van der Waals surface area (Å²) in [5.41, 5.74) is 3.78. The van der Waals surface area contributed by atoms with E-state index in [1.165, 1.54) is 0 Å². The first-order valence-electron chi connectivity index (χ1n) is 10.4. The van der Waals surface area contributed by atoms with Crippen LogP contribution in [-0.4, -0.2) is 28.3 Å². The summed E-state index contributed by atoms with van der Waals surface area (Å²) >= 11 is 6.02. The number of hydrogen-bond acceptors (Lipinski definition) is 2. The van der Waals surface area contributed by atoms with Gasteiger partial charge in [-0.15, -0.1) is 0 Å². The quantitative estimate of drug-likeness (QED) is 0.657. The summed E-state index contributed by atoms with van der Waals surface area (Å²) in [6, 6.07) is 13.0. The summed E-state index contributed by atoms with van der Waals surface area (Å²) in [5, 5.41) is 3.67. The smallest absolute Gasteiger partial charge is 0.243 e. The van der Waals surface area contributed by atoms with Crippen molar-refractivity contribution >= 4 is 23.4 Å². The summed E-state index contributed by atoms with van der Waals surface area (Å²) < 4.78 is 0. The Morgan fingerprint density at radius 2 is 1.57 bits per heavy atom. The van der Waals surface area contributed by atoms with Gasteiger partial charge in [-0.1, -0.05) is 60.0 Å². The Hall–Kier alpha value is -2.33. The predicted molar refractivity (Wildman–Crippen MR) is 124 cm³/mol. The van der Waals surface area contributed by atoms with E-state index >= 15 is 0 Å². The van der Waals surface area contributed by atoms with Crippen LogP contribution in [0.4, 0.5) is 0 Å². The fraction of sp³-hybridized carbons (Fsp3) is 0.440. The van der Waals surface area contributed by atoms with Gasteiger partial charge in [-0.25, -0.2) is 0 Å². The molecule has 5 heteroatoms. The third-order valence-corrected chi connectivity index (χ3v) is 5.04. The number of rotatable bonds is 7. The van der Waals surface area contributed by atoms with E-state index in [9.17, 15) is 9.59 Å². The van der Waals surface area contributed by atoms with E-state index in [4.69, 9.17) is 11.6 Å². The first kappa shape index (κ1) is 23.9. The van der Waals surface area contributed by atoms with Crippen LogP contribution in [0.25, 0.3) is 0 Å². The van der Waals surface area contributed by atoms with Crippen LogP contribution in [0.5, 0.6) is 0 Å². The average molecular weight is 429 g/mol. The monoisotopic (exact) mass is 428 g/mol. The number of benzene rings is 2. The van der Waals surface area contributed by atoms with Gasteiger partial charge in [-0.05, 0) is 64.3 Å². The third kappa shape index (κ3) is 7.17. The van der Waals surface area contributed by atoms with E-state index in [0.29, 0.717) is 18.0 Å². The minimum absolute atomic E-state index is 0.0640. The van der Waals surface area contributed by atoms with Crippen LogP contribution in [-0.2, 0) is 22.6 Å². The summed E-state index contributed by atoms with van der Waals surface area (Å²) in [5.74, 6) is -0.196. The van der Waals surface area contributed by atoms with Crippen molar-refractivity contribution in [2.75, 3.05) is 0 Å². The normalized spacial score (nSPS) is 12.4. The Morgan fingerprint density at radius 1 is 1.00 bits per heavy atom. The second kappa shape index (κ2) is 10.1. The Balaban J connectivity index is 2.33. The molecule has 1 N–H and O–H groups in total. The predicted octanol–water partition coefficient (Wildman–Crippen LogP) is 5.22. The molecular formula is C25H33ClN2O2. The van der Waals surface area contributed by atoms with Crippen LogP contribution in [0.1, 0.15) is 56.4 Å². The standard InChI is InChI=1S/C25H33ClN2O2/c1-7-22(24(30)27-25(4,5)6)28(16-19-8-10-21(26)11-9-19)23(29)15-20-13-17(2)12-18(3)14-20/h8-14,22H,7,15-16H2,1-6H3,(H,27,30)/t22-/m1/s1. The molecule has 162 valence electrons. The molecule has 0 spiro atoms. The first-order chi connectivity index (χ1) is 14.0. The lowest BCUT2D eigenvalue weighted by Crippen LogP contribution is -2.53. The number of hydrogen-bond donors (Lipinski definition) is 1. The highest BCUT2D eigenvalue weighted by atomic mass is 35.5. The minimum Gasteiger partial charge on any atom is -0.350 e. The Bertz CT molecular complexity index is 865. The molecular weight excluding hydrogens is 396 g/mol. The van der Waals surface area contributed by atoms with Crippen LogP contribution >= 0.6 is 11.6 Å². The molecule has 0 heterocycles. The number of carbonyl (C=O) groups excluding carboxylic acids is 2. The maximum atomic E-state index is 13.4. The molecule has 0 saturated carbocycles. The van der Waals surface area contributed by atoms with Gasteiger partial charge in [0.1, 0.15) is 6.04 Å². The molecule has 2 rings (SSSR count). The maximum absolute atomic E-state index is 13.4. The highest BCUT2D eigenvalue weighted by molar-refractivity contribution is 6.30. The molecule has 2 amide bonds. The number of amides is 2. The van der Waals surface area contributed by atoms with Crippen molar-refractivity contribution < 1.29 is 9.59 Å². The van der Waals surface area contributed by atoms with E-state index in [2.05, 4.69) is 11.4 Å². The lowest BCUT2D eigenvalue weighted by Gasteiger charge is -2.33. The average Bonchev–Trinajstić information content (AvgIpc) is 2.60. The van der Waals surface area contributed by atoms with Crippen molar-refractivity contribution in [2.45, 2.75) is 72.5 Å². The van der Waals surface area contributed by atoms with Crippen molar-refractivity contribution in [3.05, 3.63) is 69.7 Å².